The number of nitrogens with zero attached hydrogens (tertiary/aromatic N) is 3. The first-order chi connectivity index (χ1) is 20.3. The molecule has 0 aromatic heterocycles. The van der Waals surface area contributed by atoms with Gasteiger partial charge in [-0.3, -0.25) is 19.3 Å². The second-order valence-electron chi connectivity index (χ2n) is 11.6. The van der Waals surface area contributed by atoms with E-state index in [4.69, 9.17) is 4.74 Å². The van der Waals surface area contributed by atoms with Gasteiger partial charge >= 0.3 is 5.97 Å². The second kappa shape index (κ2) is 11.4. The molecule has 224 valence electrons. The lowest BCUT2D eigenvalue weighted by molar-refractivity contribution is -0.140. The molecule has 3 fully saturated rings. The largest absolute Gasteiger partial charge is 0.469 e. The third-order valence-corrected chi connectivity index (χ3v) is 11.3. The van der Waals surface area contributed by atoms with Crippen LogP contribution in [0.15, 0.2) is 53.4 Å². The fraction of sp³-hybridized carbons (Fsp3) is 0.516. The minimum absolute atomic E-state index is 0.0653. The minimum atomic E-state index is -3.82. The Hall–Kier alpha value is -3.28. The summed E-state index contributed by atoms with van der Waals surface area (Å²) >= 11 is 0. The summed E-state index contributed by atoms with van der Waals surface area (Å²) in [6.07, 6.45) is 4.25. The highest BCUT2D eigenvalue weighted by atomic mass is 32.2. The summed E-state index contributed by atoms with van der Waals surface area (Å²) in [5, 5.41) is 3.06. The average Bonchev–Trinajstić information content (AvgIpc) is 3.66. The molecule has 0 unspecified atom stereocenters. The zero-order valence-electron chi connectivity index (χ0n) is 24.0. The number of ether oxygens (including phenoxy) is 1. The van der Waals surface area contributed by atoms with Crippen molar-refractivity contribution in [2.75, 3.05) is 44.7 Å². The number of anilines is 1. The molecule has 0 radical (unpaired) electrons. The smallest absolute Gasteiger partial charge is 0.305 e. The summed E-state index contributed by atoms with van der Waals surface area (Å²) in [6.45, 7) is 1.98. The van der Waals surface area contributed by atoms with Crippen LogP contribution in [0.2, 0.25) is 0 Å². The van der Waals surface area contributed by atoms with Gasteiger partial charge in [0.05, 0.1) is 17.9 Å². The number of hydrogen-bond acceptors (Lipinski definition) is 7. The number of aryl methyl sites for hydroxylation is 1. The molecule has 2 amide bonds. The van der Waals surface area contributed by atoms with Crippen LogP contribution in [0.5, 0.6) is 0 Å². The number of methoxy groups -OCH3 is 1. The molecule has 11 heteroatoms. The lowest BCUT2D eigenvalue weighted by atomic mass is 9.78. The van der Waals surface area contributed by atoms with E-state index in [2.05, 4.69) is 10.2 Å². The molecule has 3 saturated heterocycles. The van der Waals surface area contributed by atoms with E-state index in [1.54, 1.807) is 29.2 Å². The van der Waals surface area contributed by atoms with Crippen molar-refractivity contribution in [3.05, 3.63) is 59.7 Å². The molecule has 3 atom stereocenters. The van der Waals surface area contributed by atoms with Crippen molar-refractivity contribution >= 4 is 33.5 Å². The van der Waals surface area contributed by atoms with Crippen LogP contribution in [-0.2, 0) is 41.1 Å². The number of carbonyl (C=O) groups excluding carboxylic acids is 3. The topological polar surface area (TPSA) is 116 Å². The Morgan fingerprint density at radius 1 is 1.00 bits per heavy atom. The van der Waals surface area contributed by atoms with Gasteiger partial charge in [-0.15, -0.1) is 0 Å². The molecule has 2 bridgehead atoms. The summed E-state index contributed by atoms with van der Waals surface area (Å²) in [6, 6.07) is 14.6. The summed E-state index contributed by atoms with van der Waals surface area (Å²) in [5.74, 6) is -1.00. The van der Waals surface area contributed by atoms with Crippen molar-refractivity contribution in [1.29, 1.82) is 0 Å². The van der Waals surface area contributed by atoms with Gasteiger partial charge in [-0.1, -0.05) is 30.3 Å². The number of esters is 1. The van der Waals surface area contributed by atoms with Crippen molar-refractivity contribution in [2.24, 2.45) is 5.92 Å². The summed E-state index contributed by atoms with van der Waals surface area (Å²) in [4.78, 5) is 43.9. The number of sulfonamides is 1. The van der Waals surface area contributed by atoms with E-state index < -0.39 is 21.5 Å². The van der Waals surface area contributed by atoms with E-state index in [-0.39, 0.29) is 48.2 Å². The molecule has 42 heavy (non-hydrogen) atoms. The van der Waals surface area contributed by atoms with Crippen LogP contribution >= 0.6 is 0 Å². The Morgan fingerprint density at radius 2 is 1.76 bits per heavy atom. The Balaban J connectivity index is 1.27. The molecule has 0 saturated carbocycles. The normalized spacial score (nSPS) is 26.8. The Morgan fingerprint density at radius 3 is 2.55 bits per heavy atom. The fourth-order valence-electron chi connectivity index (χ4n) is 7.46. The van der Waals surface area contributed by atoms with Gasteiger partial charge < -0.3 is 15.0 Å². The average molecular weight is 595 g/mol. The van der Waals surface area contributed by atoms with Crippen molar-refractivity contribution in [3.63, 3.8) is 0 Å². The van der Waals surface area contributed by atoms with E-state index in [1.165, 1.54) is 11.4 Å². The first-order valence-corrected chi connectivity index (χ1v) is 16.3. The van der Waals surface area contributed by atoms with Crippen molar-refractivity contribution in [2.45, 2.75) is 61.4 Å². The minimum Gasteiger partial charge on any atom is -0.469 e. The van der Waals surface area contributed by atoms with E-state index in [0.717, 1.165) is 36.2 Å². The zero-order valence-corrected chi connectivity index (χ0v) is 24.8. The predicted molar refractivity (Wildman–Crippen MR) is 156 cm³/mol. The summed E-state index contributed by atoms with van der Waals surface area (Å²) < 4.78 is 33.6. The van der Waals surface area contributed by atoms with Gasteiger partial charge in [-0.05, 0) is 68.8 Å². The number of para-hydroxylation sites is 1. The number of nitrogens with one attached hydrogen (secondary N) is 1. The lowest BCUT2D eigenvalue weighted by Crippen LogP contribution is -2.56. The quantitative estimate of drug-likeness (QED) is 0.529. The molecule has 0 aliphatic carbocycles. The number of rotatable bonds is 5. The second-order valence-corrected chi connectivity index (χ2v) is 13.6. The SMILES string of the molecule is COC(=O)CCc1ccc(S(=O)(=O)N2CCCNC(=O)[C@@H]3C[C@@H]4CCCN4[C@@]34C(=O)N(CCC2)c2ccccc24)cc1. The zero-order chi connectivity index (χ0) is 29.5. The van der Waals surface area contributed by atoms with Gasteiger partial charge in [0.1, 0.15) is 5.54 Å². The molecule has 6 rings (SSSR count). The number of amides is 2. The van der Waals surface area contributed by atoms with E-state index >= 15 is 0 Å². The highest BCUT2D eigenvalue weighted by Gasteiger charge is 2.67. The number of carbonyl (C=O) groups is 3. The van der Waals surface area contributed by atoms with Crippen molar-refractivity contribution < 1.29 is 27.5 Å². The van der Waals surface area contributed by atoms with Crippen LogP contribution in [0, 0.1) is 5.92 Å². The van der Waals surface area contributed by atoms with Crippen LogP contribution < -0.4 is 10.2 Å². The number of hydrogen-bond donors (Lipinski definition) is 1. The van der Waals surface area contributed by atoms with Gasteiger partial charge in [0.25, 0.3) is 5.91 Å². The van der Waals surface area contributed by atoms with Gasteiger partial charge in [-0.2, -0.15) is 4.31 Å². The number of fused-ring (bicyclic) bond motifs is 4. The highest BCUT2D eigenvalue weighted by Crippen LogP contribution is 2.57. The van der Waals surface area contributed by atoms with E-state index in [0.29, 0.717) is 38.8 Å². The first kappa shape index (κ1) is 28.8. The maximum Gasteiger partial charge on any atom is 0.305 e. The molecule has 10 nitrogen and oxygen atoms in total. The Bertz CT molecular complexity index is 1480. The maximum atomic E-state index is 14.4. The predicted octanol–water partition coefficient (Wildman–Crippen LogP) is 2.42. The van der Waals surface area contributed by atoms with Crippen molar-refractivity contribution in [3.8, 4) is 0 Å². The Labute approximate surface area is 247 Å². The van der Waals surface area contributed by atoms with Crippen LogP contribution in [0.4, 0.5) is 5.69 Å². The molecule has 1 N–H and O–H groups in total. The lowest BCUT2D eigenvalue weighted by Gasteiger charge is -2.37. The molecular formula is C31H38N4O6S. The van der Waals surface area contributed by atoms with Crippen LogP contribution in [0.25, 0.3) is 0 Å². The molecule has 2 aromatic rings. The molecule has 2 aromatic carbocycles. The van der Waals surface area contributed by atoms with Crippen LogP contribution in [-0.4, -0.2) is 81.3 Å². The van der Waals surface area contributed by atoms with Crippen LogP contribution in [0.3, 0.4) is 0 Å². The van der Waals surface area contributed by atoms with Gasteiger partial charge in [0.15, 0.2) is 0 Å². The van der Waals surface area contributed by atoms with Crippen LogP contribution in [0.1, 0.15) is 49.7 Å². The monoisotopic (exact) mass is 594 g/mol. The Kier molecular flexibility index (Phi) is 7.84. The molecule has 4 aliphatic rings. The molecule has 4 aliphatic heterocycles. The molecular weight excluding hydrogens is 556 g/mol. The maximum absolute atomic E-state index is 14.4. The van der Waals surface area contributed by atoms with Gasteiger partial charge in [0.2, 0.25) is 15.9 Å². The highest BCUT2D eigenvalue weighted by molar-refractivity contribution is 7.89. The molecule has 4 heterocycles. The first-order valence-electron chi connectivity index (χ1n) is 14.9. The summed E-state index contributed by atoms with van der Waals surface area (Å²) in [5.41, 5.74) is 1.56. The fourth-order valence-corrected chi connectivity index (χ4v) is 8.97. The molecule has 1 spiro atoms. The number of benzene rings is 2. The van der Waals surface area contributed by atoms with Crippen molar-refractivity contribution in [1.82, 2.24) is 14.5 Å². The third-order valence-electron chi connectivity index (χ3n) is 9.41. The van der Waals surface area contributed by atoms with E-state index in [1.807, 2.05) is 24.3 Å². The standard InChI is InChI=1S/C31H38N4O6S/c1-41-28(36)15-12-22-10-13-24(14-11-22)42(39,40)33-17-5-16-32-29(37)26-21-23-7-4-20-35(23)31(26)25-8-2-3-9-27(25)34(30(31)38)19-6-18-33/h2-3,8-11,13-14,23,26H,4-7,12,15-21H2,1H3,(H,32,37)/t23-,26-,31+/m0/s1. The van der Waals surface area contributed by atoms with Gasteiger partial charge in [0, 0.05) is 49.9 Å². The third kappa shape index (κ3) is 4.71. The van der Waals surface area contributed by atoms with E-state index in [9.17, 15) is 22.8 Å². The van der Waals surface area contributed by atoms with Gasteiger partial charge in [-0.25, -0.2) is 8.42 Å². The summed E-state index contributed by atoms with van der Waals surface area (Å²) in [7, 11) is -2.48.